The van der Waals surface area contributed by atoms with Crippen molar-refractivity contribution >= 4 is 5.78 Å². The third kappa shape index (κ3) is 5.63. The highest BCUT2D eigenvalue weighted by Gasteiger charge is 2.17. The number of benzene rings is 1. The van der Waals surface area contributed by atoms with E-state index in [9.17, 15) is 9.90 Å². The number of nitrogens with one attached hydrogen (secondary N) is 1. The molecule has 3 N–H and O–H groups in total. The molecule has 6 nitrogen and oxygen atoms in total. The van der Waals surface area contributed by atoms with Crippen LogP contribution in [0.25, 0.3) is 0 Å². The first-order valence-corrected chi connectivity index (χ1v) is 7.15. The van der Waals surface area contributed by atoms with Crippen LogP contribution in [0.2, 0.25) is 0 Å². The first kappa shape index (κ1) is 18.4. The summed E-state index contributed by atoms with van der Waals surface area (Å²) < 4.78 is 10.7. The molecule has 0 aliphatic carbocycles. The number of aliphatic hydroxyl groups is 2. The lowest BCUT2D eigenvalue weighted by molar-refractivity contribution is 0.0893. The van der Waals surface area contributed by atoms with E-state index in [2.05, 4.69) is 5.32 Å². The molecule has 1 atom stereocenters. The molecule has 0 heterocycles. The molecule has 0 spiro atoms. The van der Waals surface area contributed by atoms with Gasteiger partial charge in [-0.15, -0.1) is 0 Å². The summed E-state index contributed by atoms with van der Waals surface area (Å²) in [5.41, 5.74) is 0.0815. The van der Waals surface area contributed by atoms with Crippen molar-refractivity contribution in [2.45, 2.75) is 32.4 Å². The predicted octanol–water partition coefficient (Wildman–Crippen LogP) is 0.998. The molecule has 124 valence electrons. The molecular weight excluding hydrogens is 286 g/mol. The Bertz CT molecular complexity index is 501. The first-order chi connectivity index (χ1) is 10.3. The Hall–Kier alpha value is -1.63. The number of aliphatic hydroxyl groups excluding tert-OH is 2. The van der Waals surface area contributed by atoms with Gasteiger partial charge in [0.15, 0.2) is 17.3 Å². The van der Waals surface area contributed by atoms with Crippen molar-refractivity contribution in [1.82, 2.24) is 5.32 Å². The van der Waals surface area contributed by atoms with Gasteiger partial charge in [0.2, 0.25) is 0 Å². The van der Waals surface area contributed by atoms with E-state index < -0.39 is 11.6 Å². The number of hydrogen-bond donors (Lipinski definition) is 3. The normalized spacial score (nSPS) is 12.8. The zero-order valence-electron chi connectivity index (χ0n) is 13.5. The minimum Gasteiger partial charge on any atom is -0.493 e. The summed E-state index contributed by atoms with van der Waals surface area (Å²) in [5.74, 6) is 0.858. The lowest BCUT2D eigenvalue weighted by atomic mass is 10.1. The van der Waals surface area contributed by atoms with E-state index in [1.807, 2.05) is 13.8 Å². The molecule has 0 aromatic heterocycles. The molecule has 1 rings (SSSR count). The molecule has 0 saturated heterocycles. The van der Waals surface area contributed by atoms with Crippen molar-refractivity contribution in [3.8, 4) is 11.5 Å². The Morgan fingerprint density at radius 2 is 2.05 bits per heavy atom. The van der Waals surface area contributed by atoms with E-state index in [1.165, 1.54) is 14.0 Å². The Morgan fingerprint density at radius 1 is 1.36 bits per heavy atom. The summed E-state index contributed by atoms with van der Waals surface area (Å²) in [7, 11) is 1.49. The monoisotopic (exact) mass is 311 g/mol. The van der Waals surface area contributed by atoms with Crippen LogP contribution < -0.4 is 14.8 Å². The van der Waals surface area contributed by atoms with Crippen molar-refractivity contribution in [2.24, 2.45) is 0 Å². The Morgan fingerprint density at radius 3 is 2.59 bits per heavy atom. The number of ketones is 1. The van der Waals surface area contributed by atoms with E-state index >= 15 is 0 Å². The first-order valence-electron chi connectivity index (χ1n) is 7.15. The smallest absolute Gasteiger partial charge is 0.161 e. The Kier molecular flexibility index (Phi) is 6.80. The number of β-amino-alcohol motifs (C(OH)–C–C–N with tert-alkyl or cyclic N) is 1. The summed E-state index contributed by atoms with van der Waals surface area (Å²) >= 11 is 0. The van der Waals surface area contributed by atoms with Crippen LogP contribution in [0.4, 0.5) is 0 Å². The molecule has 0 aliphatic heterocycles. The molecule has 0 radical (unpaired) electrons. The van der Waals surface area contributed by atoms with Gasteiger partial charge < -0.3 is 25.0 Å². The molecule has 0 unspecified atom stereocenters. The Labute approximate surface area is 131 Å². The van der Waals surface area contributed by atoms with E-state index in [0.29, 0.717) is 23.6 Å². The van der Waals surface area contributed by atoms with Gasteiger partial charge in [-0.25, -0.2) is 0 Å². The summed E-state index contributed by atoms with van der Waals surface area (Å²) in [6, 6.07) is 4.91. The molecule has 0 fully saturated rings. The van der Waals surface area contributed by atoms with Gasteiger partial charge in [0.1, 0.15) is 12.7 Å². The molecule has 0 bridgehead atoms. The Balaban J connectivity index is 2.58. The maximum Gasteiger partial charge on any atom is 0.161 e. The van der Waals surface area contributed by atoms with Crippen molar-refractivity contribution < 1.29 is 24.5 Å². The van der Waals surface area contributed by atoms with Gasteiger partial charge in [-0.1, -0.05) is 0 Å². The van der Waals surface area contributed by atoms with E-state index in [4.69, 9.17) is 14.6 Å². The standard InChI is InChI=1S/C16H25NO5/c1-11(19)12-5-6-14(15(7-12)21-4)22-9-13(20)8-17-16(2,3)10-18/h5-7,13,17-18,20H,8-10H2,1-4H3/t13-/m0/s1. The highest BCUT2D eigenvalue weighted by atomic mass is 16.5. The number of carbonyl (C=O) groups is 1. The second-order valence-electron chi connectivity index (χ2n) is 5.81. The van der Waals surface area contributed by atoms with Crippen LogP contribution in [0.1, 0.15) is 31.1 Å². The van der Waals surface area contributed by atoms with Gasteiger partial charge in [-0.05, 0) is 39.0 Å². The fourth-order valence-electron chi connectivity index (χ4n) is 1.70. The van der Waals surface area contributed by atoms with Crippen molar-refractivity contribution in [3.63, 3.8) is 0 Å². The van der Waals surface area contributed by atoms with Crippen LogP contribution in [0.5, 0.6) is 11.5 Å². The van der Waals surface area contributed by atoms with Gasteiger partial charge in [-0.3, -0.25) is 4.79 Å². The van der Waals surface area contributed by atoms with Crippen molar-refractivity contribution in [3.05, 3.63) is 23.8 Å². The number of Topliss-reactive ketones (excluding diaryl/α,β-unsaturated/α-hetero) is 1. The van der Waals surface area contributed by atoms with Crippen LogP contribution >= 0.6 is 0 Å². The van der Waals surface area contributed by atoms with Crippen LogP contribution in [-0.2, 0) is 0 Å². The maximum atomic E-state index is 11.3. The highest BCUT2D eigenvalue weighted by molar-refractivity contribution is 5.94. The summed E-state index contributed by atoms with van der Waals surface area (Å²) in [5, 5.41) is 22.1. The van der Waals surface area contributed by atoms with E-state index in [0.717, 1.165) is 0 Å². The molecule has 0 aliphatic rings. The largest absolute Gasteiger partial charge is 0.493 e. The molecule has 0 amide bonds. The molecule has 1 aromatic carbocycles. The quantitative estimate of drug-likeness (QED) is 0.590. The van der Waals surface area contributed by atoms with Crippen molar-refractivity contribution in [2.75, 3.05) is 26.9 Å². The second-order valence-corrected chi connectivity index (χ2v) is 5.81. The molecular formula is C16H25NO5. The number of hydrogen-bond acceptors (Lipinski definition) is 6. The van der Waals surface area contributed by atoms with Gasteiger partial charge in [0, 0.05) is 17.6 Å². The van der Waals surface area contributed by atoms with Gasteiger partial charge in [0.05, 0.1) is 13.7 Å². The maximum absolute atomic E-state index is 11.3. The van der Waals surface area contributed by atoms with Crippen molar-refractivity contribution in [1.29, 1.82) is 0 Å². The molecule has 1 aromatic rings. The highest BCUT2D eigenvalue weighted by Crippen LogP contribution is 2.28. The molecule has 6 heteroatoms. The van der Waals surface area contributed by atoms with Crippen LogP contribution in [0, 0.1) is 0 Å². The summed E-state index contributed by atoms with van der Waals surface area (Å²) in [4.78, 5) is 11.3. The van der Waals surface area contributed by atoms with Crippen LogP contribution in [0.3, 0.4) is 0 Å². The summed E-state index contributed by atoms with van der Waals surface area (Å²) in [6.45, 7) is 5.49. The SMILES string of the molecule is COc1cc(C(C)=O)ccc1OC[C@@H](O)CNC(C)(C)CO. The number of methoxy groups -OCH3 is 1. The fourth-order valence-corrected chi connectivity index (χ4v) is 1.70. The topological polar surface area (TPSA) is 88.0 Å². The van der Waals surface area contributed by atoms with Crippen LogP contribution in [0.15, 0.2) is 18.2 Å². The van der Waals surface area contributed by atoms with Gasteiger partial charge in [-0.2, -0.15) is 0 Å². The summed E-state index contributed by atoms with van der Waals surface area (Å²) in [6.07, 6.45) is -0.733. The third-order valence-electron chi connectivity index (χ3n) is 3.21. The van der Waals surface area contributed by atoms with E-state index in [1.54, 1.807) is 18.2 Å². The lowest BCUT2D eigenvalue weighted by Crippen LogP contribution is -2.47. The van der Waals surface area contributed by atoms with Crippen LogP contribution in [-0.4, -0.2) is 54.5 Å². The molecule has 0 saturated carbocycles. The molecule has 22 heavy (non-hydrogen) atoms. The third-order valence-corrected chi connectivity index (χ3v) is 3.21. The fraction of sp³-hybridized carbons (Fsp3) is 0.562. The van der Waals surface area contributed by atoms with E-state index in [-0.39, 0.29) is 19.0 Å². The number of ether oxygens (including phenoxy) is 2. The number of carbonyl (C=O) groups excluding carboxylic acids is 1. The average Bonchev–Trinajstić information content (AvgIpc) is 2.50. The minimum absolute atomic E-state index is 0.0269. The average molecular weight is 311 g/mol. The van der Waals surface area contributed by atoms with Gasteiger partial charge in [0.25, 0.3) is 0 Å². The number of rotatable bonds is 9. The minimum atomic E-state index is -0.733. The van der Waals surface area contributed by atoms with Gasteiger partial charge >= 0.3 is 0 Å². The zero-order valence-corrected chi connectivity index (χ0v) is 13.5. The predicted molar refractivity (Wildman–Crippen MR) is 83.7 cm³/mol. The lowest BCUT2D eigenvalue weighted by Gasteiger charge is -2.25. The zero-order chi connectivity index (χ0) is 16.8. The second kappa shape index (κ2) is 8.12.